The average molecular weight is 409 g/mol. The molecule has 0 radical (unpaired) electrons. The van der Waals surface area contributed by atoms with Gasteiger partial charge in [-0.3, -0.25) is 9.78 Å². The second-order valence-electron chi connectivity index (χ2n) is 6.36. The number of aromatic nitrogens is 3. The number of pyridine rings is 2. The molecule has 130 valence electrons. The molecule has 0 unspecified atom stereocenters. The van der Waals surface area contributed by atoms with Crippen molar-refractivity contribution in [3.8, 4) is 0 Å². The predicted molar refractivity (Wildman–Crippen MR) is 105 cm³/mol. The molecule has 1 aromatic carbocycles. The molecule has 26 heavy (non-hydrogen) atoms. The highest BCUT2D eigenvalue weighted by Gasteiger charge is 2.13. The molecular formula is C20H17BrN4O. The third kappa shape index (κ3) is 3.20. The maximum Gasteiger partial charge on any atom is 0.252 e. The van der Waals surface area contributed by atoms with E-state index < -0.39 is 0 Å². The van der Waals surface area contributed by atoms with Crippen molar-refractivity contribution in [2.45, 2.75) is 20.4 Å². The van der Waals surface area contributed by atoms with E-state index in [1.807, 2.05) is 67.0 Å². The lowest BCUT2D eigenvalue weighted by Crippen LogP contribution is -2.23. The molecule has 0 saturated heterocycles. The van der Waals surface area contributed by atoms with Crippen LogP contribution in [0.25, 0.3) is 16.6 Å². The number of carbonyl (C=O) groups is 1. The van der Waals surface area contributed by atoms with Gasteiger partial charge in [-0.05, 0) is 60.1 Å². The van der Waals surface area contributed by atoms with Crippen LogP contribution in [-0.4, -0.2) is 20.3 Å². The van der Waals surface area contributed by atoms with Gasteiger partial charge in [-0.25, -0.2) is 4.98 Å². The van der Waals surface area contributed by atoms with E-state index in [-0.39, 0.29) is 5.91 Å². The van der Waals surface area contributed by atoms with Crippen LogP contribution in [0.4, 0.5) is 0 Å². The van der Waals surface area contributed by atoms with Crippen LogP contribution in [-0.2, 0) is 6.54 Å². The number of imidazole rings is 1. The van der Waals surface area contributed by atoms with Crippen molar-refractivity contribution in [2.75, 3.05) is 0 Å². The molecule has 0 atom stereocenters. The first-order chi connectivity index (χ1) is 12.5. The van der Waals surface area contributed by atoms with Crippen LogP contribution in [0.3, 0.4) is 0 Å². The minimum absolute atomic E-state index is 0.121. The zero-order valence-electron chi connectivity index (χ0n) is 14.5. The lowest BCUT2D eigenvalue weighted by molar-refractivity contribution is 0.0952. The highest BCUT2D eigenvalue weighted by atomic mass is 79.9. The minimum Gasteiger partial charge on any atom is -0.346 e. The van der Waals surface area contributed by atoms with Crippen molar-refractivity contribution in [3.63, 3.8) is 0 Å². The highest BCUT2D eigenvalue weighted by Crippen LogP contribution is 2.20. The molecule has 4 aromatic rings. The Morgan fingerprint density at radius 3 is 2.81 bits per heavy atom. The molecule has 0 aliphatic carbocycles. The van der Waals surface area contributed by atoms with Crippen molar-refractivity contribution < 1.29 is 4.79 Å². The van der Waals surface area contributed by atoms with Gasteiger partial charge < -0.3 is 9.72 Å². The van der Waals surface area contributed by atoms with Gasteiger partial charge in [0.15, 0.2) is 0 Å². The van der Waals surface area contributed by atoms with E-state index in [1.54, 1.807) is 0 Å². The zero-order chi connectivity index (χ0) is 18.3. The number of carbonyl (C=O) groups excluding carboxylic acids is 1. The van der Waals surface area contributed by atoms with Crippen LogP contribution in [0, 0.1) is 13.8 Å². The van der Waals surface area contributed by atoms with E-state index in [0.717, 1.165) is 38.0 Å². The van der Waals surface area contributed by atoms with Gasteiger partial charge in [0.2, 0.25) is 0 Å². The number of hydrogen-bond donors (Lipinski definition) is 1. The Bertz CT molecular complexity index is 1150. The summed E-state index contributed by atoms with van der Waals surface area (Å²) in [5.41, 5.74) is 5.05. The molecule has 0 aliphatic rings. The number of nitrogens with zero attached hydrogens (tertiary/aromatic N) is 3. The summed E-state index contributed by atoms with van der Waals surface area (Å²) in [6, 6.07) is 11.7. The van der Waals surface area contributed by atoms with Crippen molar-refractivity contribution in [3.05, 3.63) is 75.8 Å². The summed E-state index contributed by atoms with van der Waals surface area (Å²) >= 11 is 3.45. The SMILES string of the molecule is Cc1ccc2nc(C)cc(C(=O)NCc3cn4cc(Br)ccc4n3)c2c1. The van der Waals surface area contributed by atoms with Gasteiger partial charge in [-0.15, -0.1) is 0 Å². The molecule has 1 amide bonds. The highest BCUT2D eigenvalue weighted by molar-refractivity contribution is 9.10. The molecule has 4 rings (SSSR count). The van der Waals surface area contributed by atoms with E-state index in [2.05, 4.69) is 31.2 Å². The lowest BCUT2D eigenvalue weighted by Gasteiger charge is -2.09. The fourth-order valence-electron chi connectivity index (χ4n) is 3.03. The Balaban J connectivity index is 1.61. The average Bonchev–Trinajstić information content (AvgIpc) is 3.01. The molecule has 0 bridgehead atoms. The van der Waals surface area contributed by atoms with Gasteiger partial charge in [0.25, 0.3) is 5.91 Å². The van der Waals surface area contributed by atoms with Gasteiger partial charge >= 0.3 is 0 Å². The van der Waals surface area contributed by atoms with E-state index in [1.165, 1.54) is 0 Å². The van der Waals surface area contributed by atoms with Gasteiger partial charge in [-0.1, -0.05) is 11.6 Å². The molecule has 6 heteroatoms. The van der Waals surface area contributed by atoms with Crippen molar-refractivity contribution in [1.29, 1.82) is 0 Å². The molecule has 3 aromatic heterocycles. The third-order valence-corrected chi connectivity index (χ3v) is 4.70. The number of nitrogens with one attached hydrogen (secondary N) is 1. The summed E-state index contributed by atoms with van der Waals surface area (Å²) in [6.07, 6.45) is 3.86. The largest absolute Gasteiger partial charge is 0.346 e. The molecular weight excluding hydrogens is 392 g/mol. The maximum absolute atomic E-state index is 12.8. The molecule has 0 fully saturated rings. The summed E-state index contributed by atoms with van der Waals surface area (Å²) in [7, 11) is 0. The summed E-state index contributed by atoms with van der Waals surface area (Å²) < 4.78 is 2.91. The normalized spacial score (nSPS) is 11.2. The van der Waals surface area contributed by atoms with E-state index in [0.29, 0.717) is 12.1 Å². The van der Waals surface area contributed by atoms with E-state index in [4.69, 9.17) is 0 Å². The molecule has 0 saturated carbocycles. The van der Waals surface area contributed by atoms with Gasteiger partial charge in [0, 0.05) is 27.9 Å². The van der Waals surface area contributed by atoms with Crippen LogP contribution < -0.4 is 5.32 Å². The second kappa shape index (κ2) is 6.53. The smallest absolute Gasteiger partial charge is 0.252 e. The number of halogens is 1. The fourth-order valence-corrected chi connectivity index (χ4v) is 3.38. The Kier molecular flexibility index (Phi) is 4.20. The van der Waals surface area contributed by atoms with E-state index in [9.17, 15) is 4.79 Å². The molecule has 0 spiro atoms. The second-order valence-corrected chi connectivity index (χ2v) is 7.28. The standard InChI is InChI=1S/C20H17BrN4O/c1-12-3-5-18-16(7-12)17(8-13(2)23-18)20(26)22-9-15-11-25-10-14(21)4-6-19(25)24-15/h3-8,10-11H,9H2,1-2H3,(H,22,26). The third-order valence-electron chi connectivity index (χ3n) is 4.23. The number of hydrogen-bond acceptors (Lipinski definition) is 3. The molecule has 5 nitrogen and oxygen atoms in total. The fraction of sp³-hybridized carbons (Fsp3) is 0.150. The van der Waals surface area contributed by atoms with Crippen LogP contribution in [0.2, 0.25) is 0 Å². The predicted octanol–water partition coefficient (Wildman–Crippen LogP) is 4.19. The lowest BCUT2D eigenvalue weighted by atomic mass is 10.0. The maximum atomic E-state index is 12.8. The Morgan fingerprint density at radius 1 is 1.12 bits per heavy atom. The van der Waals surface area contributed by atoms with Crippen molar-refractivity contribution in [1.82, 2.24) is 19.7 Å². The quantitative estimate of drug-likeness (QED) is 0.552. The number of aryl methyl sites for hydroxylation is 2. The monoisotopic (exact) mass is 408 g/mol. The number of rotatable bonds is 3. The number of fused-ring (bicyclic) bond motifs is 2. The summed E-state index contributed by atoms with van der Waals surface area (Å²) in [5, 5.41) is 3.84. The van der Waals surface area contributed by atoms with Crippen molar-refractivity contribution >= 4 is 38.4 Å². The van der Waals surface area contributed by atoms with E-state index >= 15 is 0 Å². The number of benzene rings is 1. The zero-order valence-corrected chi connectivity index (χ0v) is 16.0. The Labute approximate surface area is 159 Å². The first-order valence-corrected chi connectivity index (χ1v) is 9.08. The van der Waals surface area contributed by atoms with Crippen LogP contribution in [0.1, 0.15) is 27.3 Å². The summed E-state index contributed by atoms with van der Waals surface area (Å²) in [5.74, 6) is -0.121. The first kappa shape index (κ1) is 16.7. The molecule has 1 N–H and O–H groups in total. The van der Waals surface area contributed by atoms with Crippen molar-refractivity contribution in [2.24, 2.45) is 0 Å². The summed E-state index contributed by atoms with van der Waals surface area (Å²) in [6.45, 7) is 4.28. The Hall–Kier alpha value is -2.73. The van der Waals surface area contributed by atoms with Gasteiger partial charge in [0.05, 0.1) is 23.3 Å². The minimum atomic E-state index is -0.121. The first-order valence-electron chi connectivity index (χ1n) is 8.29. The summed E-state index contributed by atoms with van der Waals surface area (Å²) in [4.78, 5) is 21.8. The van der Waals surface area contributed by atoms with Crippen LogP contribution >= 0.6 is 15.9 Å². The molecule has 0 aliphatic heterocycles. The molecule has 3 heterocycles. The van der Waals surface area contributed by atoms with Gasteiger partial charge in [-0.2, -0.15) is 0 Å². The topological polar surface area (TPSA) is 59.3 Å². The number of amides is 1. The van der Waals surface area contributed by atoms with Gasteiger partial charge in [0.1, 0.15) is 5.65 Å². The van der Waals surface area contributed by atoms with Crippen LogP contribution in [0.15, 0.2) is 53.3 Å². The van der Waals surface area contributed by atoms with Crippen LogP contribution in [0.5, 0.6) is 0 Å². The Morgan fingerprint density at radius 2 is 1.96 bits per heavy atom.